The van der Waals surface area contributed by atoms with Crippen LogP contribution in [0.2, 0.25) is 0 Å². The van der Waals surface area contributed by atoms with Crippen molar-refractivity contribution in [1.82, 2.24) is 4.90 Å². The molecular weight excluding hydrogens is 354 g/mol. The highest BCUT2D eigenvalue weighted by Gasteiger charge is 2.22. The van der Waals surface area contributed by atoms with Gasteiger partial charge in [0.2, 0.25) is 0 Å². The zero-order valence-electron chi connectivity index (χ0n) is 16.2. The molecule has 0 radical (unpaired) electrons. The molecule has 2 aromatic carbocycles. The molecule has 142 valence electrons. The minimum Gasteiger partial charge on any atom is -0.493 e. The topological polar surface area (TPSA) is 28.9 Å². The molecule has 4 nitrogen and oxygen atoms in total. The van der Waals surface area contributed by atoms with E-state index in [4.69, 9.17) is 17.0 Å². The molecule has 2 aliphatic rings. The molecule has 0 amide bonds. The molecule has 2 N–H and O–H groups in total. The fourth-order valence-corrected chi connectivity index (χ4v) is 4.16. The molecule has 0 spiro atoms. The van der Waals surface area contributed by atoms with E-state index >= 15 is 0 Å². The zero-order valence-corrected chi connectivity index (χ0v) is 17.0. The number of quaternary nitrogens is 1. The number of rotatable bonds is 3. The van der Waals surface area contributed by atoms with Crippen LogP contribution < -0.4 is 15.0 Å². The first-order valence-corrected chi connectivity index (χ1v) is 10.2. The minimum absolute atomic E-state index is 0.829. The first-order valence-electron chi connectivity index (χ1n) is 9.80. The van der Waals surface area contributed by atoms with Crippen molar-refractivity contribution >= 4 is 23.0 Å². The molecule has 1 fully saturated rings. The Kier molecular flexibility index (Phi) is 5.32. The molecule has 0 bridgehead atoms. The van der Waals surface area contributed by atoms with Crippen molar-refractivity contribution in [2.75, 3.05) is 38.1 Å². The van der Waals surface area contributed by atoms with Crippen LogP contribution in [0.4, 0.5) is 5.69 Å². The highest BCUT2D eigenvalue weighted by atomic mass is 32.1. The molecule has 2 aliphatic heterocycles. The largest absolute Gasteiger partial charge is 0.493 e. The number of piperazine rings is 1. The summed E-state index contributed by atoms with van der Waals surface area (Å²) in [6.45, 7) is 10.4. The van der Waals surface area contributed by atoms with E-state index in [-0.39, 0.29) is 0 Å². The summed E-state index contributed by atoms with van der Waals surface area (Å²) in [5, 5.41) is 4.25. The van der Waals surface area contributed by atoms with Crippen LogP contribution in [0, 0.1) is 13.8 Å². The maximum atomic E-state index is 5.65. The quantitative estimate of drug-likeness (QED) is 0.798. The number of aryl methyl sites for hydroxylation is 2. The predicted molar refractivity (Wildman–Crippen MR) is 114 cm³/mol. The number of hydrogen-bond donors (Lipinski definition) is 2. The van der Waals surface area contributed by atoms with Gasteiger partial charge in [0.15, 0.2) is 5.11 Å². The second-order valence-electron chi connectivity index (χ2n) is 7.68. The Morgan fingerprint density at radius 3 is 2.70 bits per heavy atom. The molecule has 2 aromatic rings. The average molecular weight is 383 g/mol. The van der Waals surface area contributed by atoms with Gasteiger partial charge in [-0.25, -0.2) is 0 Å². The normalized spacial score (nSPS) is 16.7. The number of thiocarbonyl (C=S) groups is 1. The maximum Gasteiger partial charge on any atom is 0.173 e. The third-order valence-corrected chi connectivity index (χ3v) is 6.08. The van der Waals surface area contributed by atoms with Crippen LogP contribution in [0.15, 0.2) is 36.4 Å². The van der Waals surface area contributed by atoms with Gasteiger partial charge in [0.1, 0.15) is 12.3 Å². The lowest BCUT2D eigenvalue weighted by atomic mass is 10.1. The van der Waals surface area contributed by atoms with Crippen LogP contribution in [0.1, 0.15) is 22.3 Å². The first-order chi connectivity index (χ1) is 13.1. The molecule has 0 unspecified atom stereocenters. The van der Waals surface area contributed by atoms with Gasteiger partial charge in [0.05, 0.1) is 32.8 Å². The molecule has 0 aromatic heterocycles. The third kappa shape index (κ3) is 4.25. The van der Waals surface area contributed by atoms with Crippen LogP contribution in [-0.4, -0.2) is 42.8 Å². The van der Waals surface area contributed by atoms with E-state index in [1.165, 1.54) is 22.3 Å². The van der Waals surface area contributed by atoms with Crippen molar-refractivity contribution in [2.24, 2.45) is 0 Å². The molecule has 1 saturated heterocycles. The smallest absolute Gasteiger partial charge is 0.173 e. The summed E-state index contributed by atoms with van der Waals surface area (Å²) < 4.78 is 5.61. The number of nitrogens with one attached hydrogen (secondary N) is 2. The number of benzene rings is 2. The van der Waals surface area contributed by atoms with Gasteiger partial charge in [-0.15, -0.1) is 0 Å². The molecule has 2 heterocycles. The van der Waals surface area contributed by atoms with Gasteiger partial charge in [-0.1, -0.05) is 6.07 Å². The van der Waals surface area contributed by atoms with Crippen LogP contribution in [0.3, 0.4) is 0 Å². The van der Waals surface area contributed by atoms with E-state index in [1.54, 1.807) is 4.90 Å². The van der Waals surface area contributed by atoms with Crippen LogP contribution >= 0.6 is 12.2 Å². The van der Waals surface area contributed by atoms with Crippen molar-refractivity contribution in [2.45, 2.75) is 26.8 Å². The Hall–Kier alpha value is -2.11. The fourth-order valence-electron chi connectivity index (χ4n) is 3.86. The number of fused-ring (bicyclic) bond motifs is 1. The van der Waals surface area contributed by atoms with Crippen molar-refractivity contribution in [3.05, 3.63) is 58.7 Å². The van der Waals surface area contributed by atoms with E-state index in [0.29, 0.717) is 0 Å². The fraction of sp³-hybridized carbons (Fsp3) is 0.409. The highest BCUT2D eigenvalue weighted by molar-refractivity contribution is 7.80. The van der Waals surface area contributed by atoms with Gasteiger partial charge in [-0.2, -0.15) is 0 Å². The molecule has 27 heavy (non-hydrogen) atoms. The summed E-state index contributed by atoms with van der Waals surface area (Å²) in [7, 11) is 0. The second kappa shape index (κ2) is 7.87. The Morgan fingerprint density at radius 2 is 1.93 bits per heavy atom. The predicted octanol–water partition coefficient (Wildman–Crippen LogP) is 2.34. The Morgan fingerprint density at radius 1 is 1.11 bits per heavy atom. The number of anilines is 1. The molecule has 0 atom stereocenters. The summed E-state index contributed by atoms with van der Waals surface area (Å²) in [6.07, 6.45) is 1.05. The summed E-state index contributed by atoms with van der Waals surface area (Å²) in [6, 6.07) is 13.1. The van der Waals surface area contributed by atoms with Crippen molar-refractivity contribution in [3.63, 3.8) is 0 Å². The summed E-state index contributed by atoms with van der Waals surface area (Å²) in [5.74, 6) is 1.07. The van der Waals surface area contributed by atoms with Crippen LogP contribution in [-0.2, 0) is 13.0 Å². The zero-order chi connectivity index (χ0) is 18.8. The van der Waals surface area contributed by atoms with E-state index in [2.05, 4.69) is 60.5 Å². The van der Waals surface area contributed by atoms with E-state index in [1.807, 2.05) is 0 Å². The number of hydrogen-bond acceptors (Lipinski definition) is 2. The number of nitrogens with zero attached hydrogens (tertiary/aromatic N) is 1. The molecule has 4 rings (SSSR count). The Labute approximate surface area is 167 Å². The Bertz CT molecular complexity index is 843. The highest BCUT2D eigenvalue weighted by Crippen LogP contribution is 2.25. The lowest BCUT2D eigenvalue weighted by Gasteiger charge is -2.34. The molecule has 0 aliphatic carbocycles. The first kappa shape index (κ1) is 18.3. The van der Waals surface area contributed by atoms with Gasteiger partial charge in [-0.3, -0.25) is 0 Å². The molecular formula is C22H28N3OS+. The summed E-state index contributed by atoms with van der Waals surface area (Å²) in [4.78, 5) is 3.92. The van der Waals surface area contributed by atoms with Gasteiger partial charge >= 0.3 is 0 Å². The summed E-state index contributed by atoms with van der Waals surface area (Å²) in [5.41, 5.74) is 6.46. The number of ether oxygens (including phenoxy) is 1. The van der Waals surface area contributed by atoms with Gasteiger partial charge in [0.25, 0.3) is 0 Å². The van der Waals surface area contributed by atoms with Crippen LogP contribution in [0.25, 0.3) is 0 Å². The van der Waals surface area contributed by atoms with Crippen molar-refractivity contribution in [1.29, 1.82) is 0 Å². The lowest BCUT2D eigenvalue weighted by molar-refractivity contribution is -0.917. The standard InChI is InChI=1S/C22H27N3OS/c1-16-3-5-20(13-17(16)2)23-22(27)25-10-8-24(9-11-25)15-18-4-6-21-19(14-18)7-12-26-21/h3-6,13-14H,7-12,15H2,1-2H3,(H,23,27)/p+1. The Balaban J connectivity index is 1.29. The van der Waals surface area contributed by atoms with Gasteiger partial charge in [-0.05, 0) is 73.1 Å². The van der Waals surface area contributed by atoms with E-state index in [0.717, 1.165) is 62.3 Å². The molecule has 5 heteroatoms. The lowest BCUT2D eigenvalue weighted by Crippen LogP contribution is -3.13. The van der Waals surface area contributed by atoms with Crippen molar-refractivity contribution in [3.8, 4) is 5.75 Å². The SMILES string of the molecule is Cc1ccc(NC(=S)N2CC[NH+](Cc3ccc4c(c3)CCO4)CC2)cc1C. The average Bonchev–Trinajstić information content (AvgIpc) is 3.13. The van der Waals surface area contributed by atoms with E-state index in [9.17, 15) is 0 Å². The third-order valence-electron chi connectivity index (χ3n) is 5.72. The minimum atomic E-state index is 0.829. The second-order valence-corrected chi connectivity index (χ2v) is 8.07. The van der Waals surface area contributed by atoms with Gasteiger partial charge in [0, 0.05) is 17.7 Å². The van der Waals surface area contributed by atoms with E-state index < -0.39 is 0 Å². The molecule has 0 saturated carbocycles. The van der Waals surface area contributed by atoms with Crippen LogP contribution in [0.5, 0.6) is 5.75 Å². The van der Waals surface area contributed by atoms with Crippen molar-refractivity contribution < 1.29 is 9.64 Å². The summed E-state index contributed by atoms with van der Waals surface area (Å²) >= 11 is 5.65. The maximum absolute atomic E-state index is 5.65. The van der Waals surface area contributed by atoms with Gasteiger partial charge < -0.3 is 19.9 Å². The monoisotopic (exact) mass is 382 g/mol.